The summed E-state index contributed by atoms with van der Waals surface area (Å²) in [7, 11) is 0. The molecule has 0 atom stereocenters. The van der Waals surface area contributed by atoms with Gasteiger partial charge in [-0.05, 0) is 76.9 Å². The van der Waals surface area contributed by atoms with Crippen molar-refractivity contribution in [3.63, 3.8) is 0 Å². The summed E-state index contributed by atoms with van der Waals surface area (Å²) in [4.78, 5) is 22.3. The zero-order valence-corrected chi connectivity index (χ0v) is 22.2. The summed E-state index contributed by atoms with van der Waals surface area (Å²) in [6.45, 7) is 4.64. The lowest BCUT2D eigenvalue weighted by atomic mass is 9.82. The first-order chi connectivity index (χ1) is 19.5. The Morgan fingerprint density at radius 2 is 1.45 bits per heavy atom. The van der Waals surface area contributed by atoms with Crippen molar-refractivity contribution in [3.05, 3.63) is 138 Å². The van der Waals surface area contributed by atoms with E-state index in [4.69, 9.17) is 0 Å². The van der Waals surface area contributed by atoms with Crippen molar-refractivity contribution in [3.8, 4) is 16.8 Å². The minimum absolute atomic E-state index is 0.0582. The molecule has 1 aliphatic carbocycles. The smallest absolute Gasteiger partial charge is 0.195 e. The highest BCUT2D eigenvalue weighted by Crippen LogP contribution is 2.50. The van der Waals surface area contributed by atoms with Crippen molar-refractivity contribution < 1.29 is 4.79 Å². The second-order valence-corrected chi connectivity index (χ2v) is 11.0. The molecule has 5 aromatic carbocycles. The van der Waals surface area contributed by atoms with Crippen LogP contribution in [-0.4, -0.2) is 20.3 Å². The molecule has 4 heteroatoms. The van der Waals surface area contributed by atoms with Gasteiger partial charge in [0.25, 0.3) is 0 Å². The van der Waals surface area contributed by atoms with Gasteiger partial charge in [-0.2, -0.15) is 0 Å². The first kappa shape index (κ1) is 22.9. The molecule has 0 N–H and O–H groups in total. The van der Waals surface area contributed by atoms with Gasteiger partial charge in [0, 0.05) is 39.8 Å². The number of hydrogen-bond donors (Lipinski definition) is 0. The Bertz CT molecular complexity index is 2150. The zero-order chi connectivity index (χ0) is 27.0. The molecular formula is C36H25N3O. The third kappa shape index (κ3) is 3.10. The Kier molecular flexibility index (Phi) is 4.69. The van der Waals surface area contributed by atoms with Crippen molar-refractivity contribution >= 4 is 38.6 Å². The van der Waals surface area contributed by atoms with E-state index in [1.165, 1.54) is 33.0 Å². The first-order valence-electron chi connectivity index (χ1n) is 13.5. The monoisotopic (exact) mass is 515 g/mol. The molecule has 0 radical (unpaired) electrons. The Labute approximate surface area is 231 Å². The van der Waals surface area contributed by atoms with E-state index < -0.39 is 0 Å². The Morgan fingerprint density at radius 1 is 0.675 bits per heavy atom. The van der Waals surface area contributed by atoms with E-state index >= 15 is 0 Å². The van der Waals surface area contributed by atoms with Crippen LogP contribution in [-0.2, 0) is 5.41 Å². The summed E-state index contributed by atoms with van der Waals surface area (Å²) in [5.74, 6) is -0.0588. The predicted octanol–water partition coefficient (Wildman–Crippen LogP) is 8.26. The van der Waals surface area contributed by atoms with Crippen LogP contribution in [0.2, 0.25) is 0 Å². The maximum Gasteiger partial charge on any atom is 0.195 e. The number of fused-ring (bicyclic) bond motifs is 7. The summed E-state index contributed by atoms with van der Waals surface area (Å²) in [6, 6.07) is 35.5. The third-order valence-electron chi connectivity index (χ3n) is 8.51. The zero-order valence-electron chi connectivity index (χ0n) is 22.2. The third-order valence-corrected chi connectivity index (χ3v) is 8.51. The quantitative estimate of drug-likeness (QED) is 0.223. The summed E-state index contributed by atoms with van der Waals surface area (Å²) < 4.78 is 2.32. The number of hydrogen-bond acceptors (Lipinski definition) is 3. The highest BCUT2D eigenvalue weighted by atomic mass is 16.1. The minimum atomic E-state index is -0.0588. The molecule has 0 saturated carbocycles. The molecule has 0 saturated heterocycles. The van der Waals surface area contributed by atoms with E-state index in [2.05, 4.69) is 89.0 Å². The van der Waals surface area contributed by atoms with E-state index in [0.29, 0.717) is 22.2 Å². The van der Waals surface area contributed by atoms with E-state index in [1.54, 1.807) is 12.4 Å². The number of carbonyl (C=O) groups is 1. The van der Waals surface area contributed by atoms with Crippen molar-refractivity contribution in [1.29, 1.82) is 0 Å². The molecule has 7 aromatic rings. The number of carbonyl (C=O) groups excluding carboxylic acids is 1. The molecule has 0 amide bonds. The standard InChI is InChI=1S/C36H25N3O/c1-36(2)29-11-5-3-8-24(29)27-21-33-28(20-30(27)36)25-9-4-6-13-32(25)39(33)23-16-14-22(15-17-23)35(40)26-10-7-12-31-34(26)38-19-18-37-31/h3-21H,1-2H3. The van der Waals surface area contributed by atoms with Crippen LogP contribution in [0.25, 0.3) is 49.7 Å². The average Bonchev–Trinajstić information content (AvgIpc) is 3.44. The van der Waals surface area contributed by atoms with Gasteiger partial charge in [-0.25, -0.2) is 0 Å². The van der Waals surface area contributed by atoms with Crippen LogP contribution in [0, 0.1) is 0 Å². The van der Waals surface area contributed by atoms with E-state index in [9.17, 15) is 4.79 Å². The Morgan fingerprint density at radius 3 is 2.33 bits per heavy atom. The molecule has 1 aliphatic rings. The highest BCUT2D eigenvalue weighted by Gasteiger charge is 2.36. The minimum Gasteiger partial charge on any atom is -0.309 e. The molecular weight excluding hydrogens is 490 g/mol. The molecule has 2 heterocycles. The predicted molar refractivity (Wildman–Crippen MR) is 161 cm³/mol. The molecule has 4 nitrogen and oxygen atoms in total. The van der Waals surface area contributed by atoms with Gasteiger partial charge >= 0.3 is 0 Å². The van der Waals surface area contributed by atoms with E-state index in [0.717, 1.165) is 16.7 Å². The van der Waals surface area contributed by atoms with Gasteiger partial charge in [0.05, 0.1) is 27.6 Å². The summed E-state index contributed by atoms with van der Waals surface area (Å²) in [5.41, 5.74) is 11.1. The van der Waals surface area contributed by atoms with Crippen LogP contribution in [0.3, 0.4) is 0 Å². The van der Waals surface area contributed by atoms with Gasteiger partial charge in [-0.15, -0.1) is 0 Å². The van der Waals surface area contributed by atoms with Gasteiger partial charge in [0.15, 0.2) is 5.78 Å². The number of rotatable bonds is 3. The molecule has 190 valence electrons. The molecule has 2 aromatic heterocycles. The van der Waals surface area contributed by atoms with Crippen LogP contribution < -0.4 is 0 Å². The largest absolute Gasteiger partial charge is 0.309 e. The van der Waals surface area contributed by atoms with Crippen LogP contribution in [0.15, 0.2) is 116 Å². The normalized spacial score (nSPS) is 13.6. The summed E-state index contributed by atoms with van der Waals surface area (Å²) >= 11 is 0. The van der Waals surface area contributed by atoms with Crippen LogP contribution >= 0.6 is 0 Å². The van der Waals surface area contributed by atoms with Gasteiger partial charge in [-0.3, -0.25) is 14.8 Å². The summed E-state index contributed by atoms with van der Waals surface area (Å²) in [6.07, 6.45) is 3.27. The molecule has 40 heavy (non-hydrogen) atoms. The second kappa shape index (κ2) is 8.20. The Hall–Kier alpha value is -5.09. The highest BCUT2D eigenvalue weighted by molar-refractivity contribution is 6.15. The lowest BCUT2D eigenvalue weighted by Crippen LogP contribution is -2.14. The van der Waals surface area contributed by atoms with Gasteiger partial charge in [0.1, 0.15) is 0 Å². The van der Waals surface area contributed by atoms with Crippen molar-refractivity contribution in [2.24, 2.45) is 0 Å². The topological polar surface area (TPSA) is 47.8 Å². The van der Waals surface area contributed by atoms with Crippen LogP contribution in [0.4, 0.5) is 0 Å². The number of benzene rings is 5. The van der Waals surface area contributed by atoms with Crippen LogP contribution in [0.1, 0.15) is 40.9 Å². The Balaban J connectivity index is 1.30. The molecule has 8 rings (SSSR count). The number of para-hydroxylation sites is 2. The molecule has 0 aliphatic heterocycles. The number of nitrogens with zero attached hydrogens (tertiary/aromatic N) is 3. The maximum absolute atomic E-state index is 13.5. The molecule has 0 spiro atoms. The maximum atomic E-state index is 13.5. The fourth-order valence-corrected chi connectivity index (χ4v) is 6.53. The van der Waals surface area contributed by atoms with Gasteiger partial charge in [0.2, 0.25) is 0 Å². The fourth-order valence-electron chi connectivity index (χ4n) is 6.53. The molecule has 0 bridgehead atoms. The van der Waals surface area contributed by atoms with E-state index in [1.807, 2.05) is 42.5 Å². The molecule has 0 fully saturated rings. The van der Waals surface area contributed by atoms with Crippen LogP contribution in [0.5, 0.6) is 0 Å². The van der Waals surface area contributed by atoms with Gasteiger partial charge in [-0.1, -0.05) is 62.4 Å². The lowest BCUT2D eigenvalue weighted by Gasteiger charge is -2.21. The van der Waals surface area contributed by atoms with Gasteiger partial charge < -0.3 is 4.57 Å². The average molecular weight is 516 g/mol. The van der Waals surface area contributed by atoms with Crippen molar-refractivity contribution in [1.82, 2.24) is 14.5 Å². The SMILES string of the molecule is CC1(C)c2ccccc2-c2cc3c(cc21)c1ccccc1n3-c1ccc(C(=O)c2cccc3nccnc23)cc1. The summed E-state index contributed by atoms with van der Waals surface area (Å²) in [5, 5.41) is 2.46. The number of aromatic nitrogens is 3. The first-order valence-corrected chi connectivity index (χ1v) is 13.5. The van der Waals surface area contributed by atoms with Crippen molar-refractivity contribution in [2.45, 2.75) is 19.3 Å². The second-order valence-electron chi connectivity index (χ2n) is 11.0. The molecule has 0 unspecified atom stereocenters. The van der Waals surface area contributed by atoms with Crippen molar-refractivity contribution in [2.75, 3.05) is 0 Å². The fraction of sp³-hybridized carbons (Fsp3) is 0.0833. The van der Waals surface area contributed by atoms with E-state index in [-0.39, 0.29) is 11.2 Å². The number of ketones is 1. The lowest BCUT2D eigenvalue weighted by molar-refractivity contribution is 0.104.